The molecule has 1 unspecified atom stereocenters. The summed E-state index contributed by atoms with van der Waals surface area (Å²) >= 11 is 0. The summed E-state index contributed by atoms with van der Waals surface area (Å²) in [6.07, 6.45) is 1.91. The maximum atomic E-state index is 10.3. The highest BCUT2D eigenvalue weighted by atomic mass is 16.3. The second-order valence-electron chi connectivity index (χ2n) is 5.81. The van der Waals surface area contributed by atoms with Crippen molar-refractivity contribution in [1.82, 2.24) is 9.80 Å². The molecule has 0 amide bonds. The molecule has 0 saturated carbocycles. The minimum atomic E-state index is -0.375. The van der Waals surface area contributed by atoms with Crippen molar-refractivity contribution in [2.24, 2.45) is 0 Å². The van der Waals surface area contributed by atoms with Crippen molar-refractivity contribution in [1.29, 1.82) is 0 Å². The molecule has 0 aliphatic carbocycles. The van der Waals surface area contributed by atoms with Gasteiger partial charge in [0.05, 0.1) is 6.10 Å². The van der Waals surface area contributed by atoms with Crippen LogP contribution in [-0.4, -0.2) is 54.2 Å². The maximum absolute atomic E-state index is 10.3. The second-order valence-corrected chi connectivity index (χ2v) is 5.81. The molecule has 1 aromatic carbocycles. The van der Waals surface area contributed by atoms with Gasteiger partial charge in [0.15, 0.2) is 0 Å². The average molecular weight is 274 g/mol. The number of hydrogen-bond donors (Lipinski definition) is 1. The van der Waals surface area contributed by atoms with Crippen molar-refractivity contribution < 1.29 is 5.11 Å². The normalized spacial score (nSPS) is 18.8. The Labute approximate surface area is 122 Å². The van der Waals surface area contributed by atoms with E-state index in [2.05, 4.69) is 29.7 Å². The summed E-state index contributed by atoms with van der Waals surface area (Å²) in [4.78, 5) is 4.83. The van der Waals surface area contributed by atoms with E-state index >= 15 is 0 Å². The Morgan fingerprint density at radius 2 is 1.70 bits per heavy atom. The molecule has 20 heavy (non-hydrogen) atoms. The number of piperazine rings is 1. The molecular formula is C17H26N2O. The predicted molar refractivity (Wildman–Crippen MR) is 83.7 cm³/mol. The lowest BCUT2D eigenvalue weighted by Gasteiger charge is -2.35. The summed E-state index contributed by atoms with van der Waals surface area (Å²) < 4.78 is 0. The number of benzene rings is 1. The van der Waals surface area contributed by atoms with Crippen LogP contribution >= 0.6 is 0 Å². The van der Waals surface area contributed by atoms with Gasteiger partial charge in [0.25, 0.3) is 0 Å². The van der Waals surface area contributed by atoms with E-state index in [0.29, 0.717) is 0 Å². The third-order valence-corrected chi connectivity index (χ3v) is 3.84. The van der Waals surface area contributed by atoms with Crippen LogP contribution in [-0.2, 0) is 0 Å². The molecule has 3 nitrogen and oxygen atoms in total. The number of aliphatic hydroxyl groups is 1. The molecule has 1 fully saturated rings. The van der Waals surface area contributed by atoms with Crippen LogP contribution in [0.1, 0.15) is 25.5 Å². The van der Waals surface area contributed by atoms with Gasteiger partial charge < -0.3 is 5.11 Å². The highest BCUT2D eigenvalue weighted by molar-refractivity contribution is 5.17. The highest BCUT2D eigenvalue weighted by Gasteiger charge is 2.19. The Morgan fingerprint density at radius 1 is 1.10 bits per heavy atom. The predicted octanol–water partition coefficient (Wildman–Crippen LogP) is 2.30. The topological polar surface area (TPSA) is 26.7 Å². The van der Waals surface area contributed by atoms with Gasteiger partial charge in [-0.25, -0.2) is 0 Å². The Kier molecular flexibility index (Phi) is 5.77. The molecule has 2 rings (SSSR count). The second kappa shape index (κ2) is 7.58. The average Bonchev–Trinajstić information content (AvgIpc) is 2.47. The van der Waals surface area contributed by atoms with Gasteiger partial charge in [-0.3, -0.25) is 9.80 Å². The Bertz CT molecular complexity index is 418. The van der Waals surface area contributed by atoms with Crippen molar-refractivity contribution in [2.75, 3.05) is 39.3 Å². The Balaban J connectivity index is 1.76. The maximum Gasteiger partial charge on any atom is 0.0916 e. The summed E-state index contributed by atoms with van der Waals surface area (Å²) in [5.41, 5.74) is 2.39. The van der Waals surface area contributed by atoms with Crippen molar-refractivity contribution >= 4 is 0 Å². The quantitative estimate of drug-likeness (QED) is 0.835. The molecule has 1 N–H and O–H groups in total. The van der Waals surface area contributed by atoms with E-state index < -0.39 is 0 Å². The fraction of sp³-hybridized carbons (Fsp3) is 0.529. The van der Waals surface area contributed by atoms with Gasteiger partial charge in [-0.05, 0) is 19.4 Å². The van der Waals surface area contributed by atoms with Gasteiger partial charge in [-0.15, -0.1) is 0 Å². The van der Waals surface area contributed by atoms with Crippen LogP contribution in [0.4, 0.5) is 0 Å². The molecule has 1 aliphatic heterocycles. The van der Waals surface area contributed by atoms with E-state index in [4.69, 9.17) is 0 Å². The molecule has 0 radical (unpaired) electrons. The minimum absolute atomic E-state index is 0.375. The van der Waals surface area contributed by atoms with E-state index in [-0.39, 0.29) is 6.10 Å². The fourth-order valence-corrected chi connectivity index (χ4v) is 2.49. The smallest absolute Gasteiger partial charge is 0.0916 e. The standard InChI is InChI=1S/C17H26N2O/c1-15(2)8-9-18-10-12-19(13-11-18)14-17(20)16-6-4-3-5-7-16/h3-8,17,20H,9-14H2,1-2H3. The van der Waals surface area contributed by atoms with Crippen molar-refractivity contribution in [3.05, 3.63) is 47.5 Å². The van der Waals surface area contributed by atoms with Crippen LogP contribution in [0.3, 0.4) is 0 Å². The van der Waals surface area contributed by atoms with Crippen molar-refractivity contribution in [3.8, 4) is 0 Å². The Morgan fingerprint density at radius 3 is 2.30 bits per heavy atom. The lowest BCUT2D eigenvalue weighted by atomic mass is 10.1. The number of hydrogen-bond acceptors (Lipinski definition) is 3. The van der Waals surface area contributed by atoms with Gasteiger partial charge in [-0.1, -0.05) is 42.0 Å². The molecule has 1 atom stereocenters. The van der Waals surface area contributed by atoms with Gasteiger partial charge in [0.1, 0.15) is 0 Å². The summed E-state index contributed by atoms with van der Waals surface area (Å²) in [6.45, 7) is 10.3. The van der Waals surface area contributed by atoms with Crippen LogP contribution in [0.15, 0.2) is 42.0 Å². The van der Waals surface area contributed by atoms with Crippen LogP contribution in [0.5, 0.6) is 0 Å². The molecule has 110 valence electrons. The number of aliphatic hydroxyl groups excluding tert-OH is 1. The largest absolute Gasteiger partial charge is 0.387 e. The number of nitrogens with zero attached hydrogens (tertiary/aromatic N) is 2. The van der Waals surface area contributed by atoms with Gasteiger partial charge in [0.2, 0.25) is 0 Å². The van der Waals surface area contributed by atoms with Crippen molar-refractivity contribution in [2.45, 2.75) is 20.0 Å². The van der Waals surface area contributed by atoms with Crippen molar-refractivity contribution in [3.63, 3.8) is 0 Å². The zero-order valence-corrected chi connectivity index (χ0v) is 12.6. The summed E-state index contributed by atoms with van der Waals surface area (Å²) in [7, 11) is 0. The molecule has 1 saturated heterocycles. The van der Waals surface area contributed by atoms with Crippen LogP contribution in [0.25, 0.3) is 0 Å². The molecule has 1 aliphatic rings. The minimum Gasteiger partial charge on any atom is -0.387 e. The zero-order chi connectivity index (χ0) is 14.4. The number of β-amino-alcohol motifs (C(OH)–C–C–N with tert-alkyl or cyclic N) is 1. The molecule has 1 heterocycles. The molecule has 1 aromatic rings. The first kappa shape index (κ1) is 15.2. The zero-order valence-electron chi connectivity index (χ0n) is 12.6. The molecule has 0 spiro atoms. The van der Waals surface area contributed by atoms with E-state index in [9.17, 15) is 5.11 Å². The molecular weight excluding hydrogens is 248 g/mol. The van der Waals surface area contributed by atoms with Crippen LogP contribution < -0.4 is 0 Å². The fourth-order valence-electron chi connectivity index (χ4n) is 2.49. The monoisotopic (exact) mass is 274 g/mol. The van der Waals surface area contributed by atoms with Crippen LogP contribution in [0.2, 0.25) is 0 Å². The van der Waals surface area contributed by atoms with Crippen LogP contribution in [0, 0.1) is 0 Å². The lowest BCUT2D eigenvalue weighted by molar-refractivity contribution is 0.0763. The first-order valence-electron chi connectivity index (χ1n) is 7.46. The third-order valence-electron chi connectivity index (χ3n) is 3.84. The van der Waals surface area contributed by atoms with E-state index in [0.717, 1.165) is 44.8 Å². The first-order chi connectivity index (χ1) is 9.65. The van der Waals surface area contributed by atoms with E-state index in [1.54, 1.807) is 0 Å². The third kappa shape index (κ3) is 4.75. The van der Waals surface area contributed by atoms with E-state index in [1.165, 1.54) is 5.57 Å². The summed E-state index contributed by atoms with van der Waals surface area (Å²) in [5, 5.41) is 10.3. The number of rotatable bonds is 5. The first-order valence-corrected chi connectivity index (χ1v) is 7.46. The molecule has 3 heteroatoms. The highest BCUT2D eigenvalue weighted by Crippen LogP contribution is 2.14. The van der Waals surface area contributed by atoms with E-state index in [1.807, 2.05) is 30.3 Å². The SMILES string of the molecule is CC(C)=CCN1CCN(CC(O)c2ccccc2)CC1. The molecule has 0 bridgehead atoms. The van der Waals surface area contributed by atoms with Gasteiger partial charge in [0, 0.05) is 39.3 Å². The van der Waals surface area contributed by atoms with Gasteiger partial charge >= 0.3 is 0 Å². The Hall–Kier alpha value is -1.16. The number of allylic oxidation sites excluding steroid dienone is 1. The molecule has 0 aromatic heterocycles. The summed E-state index contributed by atoms with van der Waals surface area (Å²) in [6, 6.07) is 9.94. The van der Waals surface area contributed by atoms with Gasteiger partial charge in [-0.2, -0.15) is 0 Å². The lowest BCUT2D eigenvalue weighted by Crippen LogP contribution is -2.47. The summed E-state index contributed by atoms with van der Waals surface area (Å²) in [5.74, 6) is 0.